The number of hydrogen-bond donors (Lipinski definition) is 2. The number of rotatable bonds is 10. The summed E-state index contributed by atoms with van der Waals surface area (Å²) in [7, 11) is 0. The minimum Gasteiger partial charge on any atom is -0.493 e. The van der Waals surface area contributed by atoms with Gasteiger partial charge in [0.1, 0.15) is 5.75 Å². The highest BCUT2D eigenvalue weighted by Gasteiger charge is 2.38. The van der Waals surface area contributed by atoms with Gasteiger partial charge in [-0.2, -0.15) is 0 Å². The SMILES string of the molecule is CCN(CC(=O)O)C1CC(NC(=O)C(C)(C)c2ccc(OCC(C)C)cc2)C1. The van der Waals surface area contributed by atoms with Gasteiger partial charge < -0.3 is 15.2 Å². The van der Waals surface area contributed by atoms with E-state index in [1.807, 2.05) is 49.9 Å². The second kappa shape index (κ2) is 9.41. The number of likely N-dealkylation sites (N-methyl/N-ethyl adjacent to an activating group) is 1. The molecule has 0 saturated heterocycles. The average molecular weight is 391 g/mol. The highest BCUT2D eigenvalue weighted by molar-refractivity contribution is 5.87. The van der Waals surface area contributed by atoms with Crippen LogP contribution in [-0.4, -0.2) is 53.7 Å². The molecule has 156 valence electrons. The number of carboxylic acids is 1. The summed E-state index contributed by atoms with van der Waals surface area (Å²) in [5, 5.41) is 12.1. The lowest BCUT2D eigenvalue weighted by Gasteiger charge is -2.43. The van der Waals surface area contributed by atoms with E-state index in [9.17, 15) is 9.59 Å². The minimum absolute atomic E-state index is 0.00641. The van der Waals surface area contributed by atoms with Crippen LogP contribution in [0, 0.1) is 5.92 Å². The molecule has 1 aromatic carbocycles. The van der Waals surface area contributed by atoms with Gasteiger partial charge in [-0.25, -0.2) is 0 Å². The van der Waals surface area contributed by atoms with Gasteiger partial charge in [0, 0.05) is 12.1 Å². The molecule has 0 atom stereocenters. The molecule has 6 heteroatoms. The second-order valence-corrected chi connectivity index (χ2v) is 8.61. The van der Waals surface area contributed by atoms with Gasteiger partial charge in [0.05, 0.1) is 18.6 Å². The van der Waals surface area contributed by atoms with Gasteiger partial charge in [-0.1, -0.05) is 32.9 Å². The third-order valence-electron chi connectivity index (χ3n) is 5.44. The molecular formula is C22H34N2O4. The van der Waals surface area contributed by atoms with Crippen LogP contribution in [0.2, 0.25) is 0 Å². The molecule has 2 rings (SSSR count). The fourth-order valence-corrected chi connectivity index (χ4v) is 3.40. The Morgan fingerprint density at radius 2 is 1.86 bits per heavy atom. The third-order valence-corrected chi connectivity index (χ3v) is 5.44. The second-order valence-electron chi connectivity index (χ2n) is 8.61. The standard InChI is InChI=1S/C22H34N2O4/c1-6-24(13-20(25)26)18-11-17(12-18)23-21(27)22(4,5)16-7-9-19(10-8-16)28-14-15(2)3/h7-10,15,17-18H,6,11-14H2,1-5H3,(H,23,27)(H,25,26). The first-order valence-electron chi connectivity index (χ1n) is 10.1. The fraction of sp³-hybridized carbons (Fsp3) is 0.636. The maximum Gasteiger partial charge on any atom is 0.317 e. The van der Waals surface area contributed by atoms with Crippen LogP contribution in [0.3, 0.4) is 0 Å². The van der Waals surface area contributed by atoms with Crippen LogP contribution >= 0.6 is 0 Å². The molecule has 1 aliphatic carbocycles. The van der Waals surface area contributed by atoms with Crippen molar-refractivity contribution >= 4 is 11.9 Å². The maximum absolute atomic E-state index is 12.8. The molecule has 1 aliphatic rings. The van der Waals surface area contributed by atoms with Gasteiger partial charge >= 0.3 is 5.97 Å². The summed E-state index contributed by atoms with van der Waals surface area (Å²) in [4.78, 5) is 25.7. The molecule has 0 aromatic heterocycles. The molecule has 1 amide bonds. The predicted octanol–water partition coefficient (Wildman–Crippen LogP) is 3.05. The number of ether oxygens (including phenoxy) is 1. The van der Waals surface area contributed by atoms with Crippen molar-refractivity contribution in [1.29, 1.82) is 0 Å². The molecule has 1 saturated carbocycles. The number of nitrogens with zero attached hydrogens (tertiary/aromatic N) is 1. The summed E-state index contributed by atoms with van der Waals surface area (Å²) in [6.07, 6.45) is 1.59. The molecule has 1 aromatic rings. The van der Waals surface area contributed by atoms with Crippen molar-refractivity contribution in [2.24, 2.45) is 5.92 Å². The topological polar surface area (TPSA) is 78.9 Å². The molecule has 1 fully saturated rings. The summed E-state index contributed by atoms with van der Waals surface area (Å²) in [6, 6.07) is 8.06. The summed E-state index contributed by atoms with van der Waals surface area (Å²) in [5.74, 6) is 0.463. The van der Waals surface area contributed by atoms with Crippen LogP contribution < -0.4 is 10.1 Å². The normalized spacial score (nSPS) is 19.4. The molecule has 0 spiro atoms. The highest BCUT2D eigenvalue weighted by Crippen LogP contribution is 2.29. The van der Waals surface area contributed by atoms with E-state index in [4.69, 9.17) is 9.84 Å². The molecule has 28 heavy (non-hydrogen) atoms. The quantitative estimate of drug-likeness (QED) is 0.642. The van der Waals surface area contributed by atoms with Crippen molar-refractivity contribution in [1.82, 2.24) is 10.2 Å². The first-order valence-corrected chi connectivity index (χ1v) is 10.1. The Morgan fingerprint density at radius 1 is 1.25 bits per heavy atom. The first kappa shape index (κ1) is 22.2. The monoisotopic (exact) mass is 390 g/mol. The van der Waals surface area contributed by atoms with Gasteiger partial charge in [-0.3, -0.25) is 14.5 Å². The number of amides is 1. The van der Waals surface area contributed by atoms with Gasteiger partial charge in [0.15, 0.2) is 0 Å². The predicted molar refractivity (Wildman–Crippen MR) is 110 cm³/mol. The van der Waals surface area contributed by atoms with E-state index in [1.165, 1.54) is 0 Å². The van der Waals surface area contributed by atoms with Crippen LogP contribution in [0.1, 0.15) is 53.0 Å². The molecule has 0 aliphatic heterocycles. The lowest BCUT2D eigenvalue weighted by molar-refractivity contribution is -0.140. The van der Waals surface area contributed by atoms with Crippen molar-refractivity contribution in [2.75, 3.05) is 19.7 Å². The Morgan fingerprint density at radius 3 is 2.36 bits per heavy atom. The third kappa shape index (κ3) is 5.71. The number of carbonyl (C=O) groups is 2. The minimum atomic E-state index is -0.809. The molecule has 2 N–H and O–H groups in total. The number of aliphatic carboxylic acids is 1. The van der Waals surface area contributed by atoms with E-state index in [-0.39, 0.29) is 24.5 Å². The number of hydrogen-bond acceptors (Lipinski definition) is 4. The lowest BCUT2D eigenvalue weighted by Crippen LogP contribution is -2.57. The van der Waals surface area contributed by atoms with Crippen molar-refractivity contribution in [3.05, 3.63) is 29.8 Å². The van der Waals surface area contributed by atoms with Gasteiger partial charge in [0.25, 0.3) is 0 Å². The van der Waals surface area contributed by atoms with Crippen molar-refractivity contribution in [3.8, 4) is 5.75 Å². The maximum atomic E-state index is 12.8. The van der Waals surface area contributed by atoms with E-state index in [2.05, 4.69) is 19.2 Å². The van der Waals surface area contributed by atoms with E-state index < -0.39 is 11.4 Å². The van der Waals surface area contributed by atoms with E-state index in [1.54, 1.807) is 0 Å². The van der Waals surface area contributed by atoms with Crippen molar-refractivity contribution in [3.63, 3.8) is 0 Å². The average Bonchev–Trinajstić information content (AvgIpc) is 2.60. The van der Waals surface area contributed by atoms with Gasteiger partial charge in [-0.05, 0) is 56.8 Å². The molecule has 0 heterocycles. The highest BCUT2D eigenvalue weighted by atomic mass is 16.5. The van der Waals surface area contributed by atoms with Crippen LogP contribution in [-0.2, 0) is 15.0 Å². The molecule has 0 radical (unpaired) electrons. The number of nitrogens with one attached hydrogen (secondary N) is 1. The van der Waals surface area contributed by atoms with Crippen LogP contribution in [0.15, 0.2) is 24.3 Å². The molecular weight excluding hydrogens is 356 g/mol. The zero-order valence-corrected chi connectivity index (χ0v) is 17.7. The Kier molecular flexibility index (Phi) is 7.47. The van der Waals surface area contributed by atoms with Crippen molar-refractivity contribution in [2.45, 2.75) is 65.0 Å². The van der Waals surface area contributed by atoms with Gasteiger partial charge in [0.2, 0.25) is 5.91 Å². The molecule has 6 nitrogen and oxygen atoms in total. The zero-order chi connectivity index (χ0) is 20.9. The van der Waals surface area contributed by atoms with E-state index in [0.717, 1.165) is 24.2 Å². The number of benzene rings is 1. The summed E-state index contributed by atoms with van der Waals surface area (Å²) >= 11 is 0. The smallest absolute Gasteiger partial charge is 0.317 e. The molecule has 0 bridgehead atoms. The van der Waals surface area contributed by atoms with Crippen LogP contribution in [0.5, 0.6) is 5.75 Å². The summed E-state index contributed by atoms with van der Waals surface area (Å²) in [6.45, 7) is 11.4. The fourth-order valence-electron chi connectivity index (χ4n) is 3.40. The van der Waals surface area contributed by atoms with Crippen LogP contribution in [0.4, 0.5) is 0 Å². The number of carboxylic acid groups (broad SMARTS) is 1. The zero-order valence-electron chi connectivity index (χ0n) is 17.7. The summed E-state index contributed by atoms with van der Waals surface area (Å²) < 4.78 is 5.71. The first-order chi connectivity index (χ1) is 13.1. The van der Waals surface area contributed by atoms with E-state index in [0.29, 0.717) is 19.1 Å². The van der Waals surface area contributed by atoms with Crippen LogP contribution in [0.25, 0.3) is 0 Å². The lowest BCUT2D eigenvalue weighted by atomic mass is 9.81. The van der Waals surface area contributed by atoms with Gasteiger partial charge in [-0.15, -0.1) is 0 Å². The Labute approximate surface area is 168 Å². The molecule has 0 unspecified atom stereocenters. The summed E-state index contributed by atoms with van der Waals surface area (Å²) in [5.41, 5.74) is 0.298. The Hall–Kier alpha value is -2.08. The van der Waals surface area contributed by atoms with E-state index >= 15 is 0 Å². The van der Waals surface area contributed by atoms with Crippen molar-refractivity contribution < 1.29 is 19.4 Å². The Balaban J connectivity index is 1.88. The Bertz CT molecular complexity index is 664. The largest absolute Gasteiger partial charge is 0.493 e. The number of carbonyl (C=O) groups excluding carboxylic acids is 1.